The van der Waals surface area contributed by atoms with E-state index in [2.05, 4.69) is 0 Å². The molecular weight excluding hydrogens is 421 g/mol. The van der Waals surface area contributed by atoms with Crippen molar-refractivity contribution in [1.82, 2.24) is 4.90 Å². The first kappa shape index (κ1) is 22.5. The molecule has 0 saturated carbocycles. The van der Waals surface area contributed by atoms with Crippen molar-refractivity contribution in [3.05, 3.63) is 0 Å². The average Bonchev–Trinajstić information content (AvgIpc) is 2.53. The number of likely N-dealkylation sites (N-methyl/N-ethyl adjacent to an activating group) is 1. The number of carboxylic acid groups (broad SMARTS) is 1. The van der Waals surface area contributed by atoms with Crippen molar-refractivity contribution in [2.45, 2.75) is 6.42 Å². The highest BCUT2D eigenvalue weighted by Gasteiger charge is 2.05. The lowest BCUT2D eigenvalue weighted by atomic mass is 10.5. The van der Waals surface area contributed by atoms with E-state index in [9.17, 15) is 9.59 Å². The van der Waals surface area contributed by atoms with Gasteiger partial charge >= 0.3 is 5.97 Å². The number of carboxylic acids is 1. The molecule has 0 aliphatic heterocycles. The fourth-order valence-electron chi connectivity index (χ4n) is 1.35. The molecule has 0 aliphatic carbocycles. The molecule has 0 radical (unpaired) electrons. The van der Waals surface area contributed by atoms with Crippen molar-refractivity contribution in [3.8, 4) is 0 Å². The van der Waals surface area contributed by atoms with Gasteiger partial charge in [-0.3, -0.25) is 9.59 Å². The minimum absolute atomic E-state index is 0.00509. The first-order chi connectivity index (χ1) is 11.1. The molecule has 8 nitrogen and oxygen atoms in total. The Morgan fingerprint density at radius 3 is 1.74 bits per heavy atom. The van der Waals surface area contributed by atoms with Gasteiger partial charge in [-0.1, -0.05) is 22.6 Å². The molecule has 1 amide bonds. The number of hydrogen-bond donors (Lipinski definition) is 1. The van der Waals surface area contributed by atoms with Gasteiger partial charge in [0.2, 0.25) is 5.91 Å². The second-order valence-electron chi connectivity index (χ2n) is 4.54. The van der Waals surface area contributed by atoms with Gasteiger partial charge in [-0.2, -0.15) is 0 Å². The summed E-state index contributed by atoms with van der Waals surface area (Å²) in [5.41, 5.74) is 0. The van der Waals surface area contributed by atoms with Crippen LogP contribution in [-0.4, -0.2) is 92.8 Å². The normalized spacial score (nSPS) is 10.7. The number of carbonyl (C=O) groups excluding carboxylic acids is 1. The average molecular weight is 447 g/mol. The van der Waals surface area contributed by atoms with Gasteiger partial charge in [-0.05, 0) is 0 Å². The maximum Gasteiger partial charge on any atom is 0.305 e. The number of ether oxygens (including phenoxy) is 4. The Balaban J connectivity index is 3.13. The third kappa shape index (κ3) is 16.2. The maximum atomic E-state index is 11.3. The predicted octanol–water partition coefficient (Wildman–Crippen LogP) is 0.421. The van der Waals surface area contributed by atoms with Crippen LogP contribution in [-0.2, 0) is 28.5 Å². The van der Waals surface area contributed by atoms with Crippen molar-refractivity contribution in [2.24, 2.45) is 0 Å². The van der Waals surface area contributed by atoms with Gasteiger partial charge in [-0.25, -0.2) is 0 Å². The van der Waals surface area contributed by atoms with Crippen molar-refractivity contribution < 1.29 is 33.6 Å². The highest BCUT2D eigenvalue weighted by atomic mass is 127. The smallest absolute Gasteiger partial charge is 0.305 e. The van der Waals surface area contributed by atoms with E-state index in [-0.39, 0.29) is 18.9 Å². The van der Waals surface area contributed by atoms with Crippen molar-refractivity contribution in [1.29, 1.82) is 0 Å². The third-order valence-corrected chi connectivity index (χ3v) is 3.34. The van der Waals surface area contributed by atoms with Crippen LogP contribution in [0, 0.1) is 0 Å². The summed E-state index contributed by atoms with van der Waals surface area (Å²) >= 11 is 2.04. The molecule has 0 aromatic rings. The predicted molar refractivity (Wildman–Crippen MR) is 92.1 cm³/mol. The van der Waals surface area contributed by atoms with Crippen LogP contribution in [0.5, 0.6) is 0 Å². The van der Waals surface area contributed by atoms with Crippen LogP contribution in [0.15, 0.2) is 0 Å². The summed E-state index contributed by atoms with van der Waals surface area (Å²) in [6.07, 6.45) is 0.00509. The van der Waals surface area contributed by atoms with Gasteiger partial charge in [-0.15, -0.1) is 0 Å². The van der Waals surface area contributed by atoms with Gasteiger partial charge in [0.15, 0.2) is 0 Å². The molecule has 0 bridgehead atoms. The number of aliphatic carboxylic acids is 1. The number of amides is 1. The molecule has 1 N–H and O–H groups in total. The molecule has 0 aromatic carbocycles. The maximum absolute atomic E-state index is 11.3. The van der Waals surface area contributed by atoms with E-state index in [1.807, 2.05) is 22.6 Å². The van der Waals surface area contributed by atoms with Gasteiger partial charge in [0.25, 0.3) is 0 Å². The van der Waals surface area contributed by atoms with Crippen molar-refractivity contribution in [2.75, 3.05) is 70.9 Å². The van der Waals surface area contributed by atoms with Gasteiger partial charge < -0.3 is 29.0 Å². The van der Waals surface area contributed by atoms with Crippen LogP contribution in [0.3, 0.4) is 0 Å². The van der Waals surface area contributed by atoms with E-state index in [1.165, 1.54) is 0 Å². The molecule has 0 heterocycles. The van der Waals surface area contributed by atoms with Crippen LogP contribution >= 0.6 is 22.6 Å². The Bertz CT molecular complexity index is 318. The zero-order valence-electron chi connectivity index (χ0n) is 13.5. The Hall–Kier alpha value is -0.490. The molecule has 0 unspecified atom stereocenters. The number of alkyl halides is 1. The number of hydrogen-bond acceptors (Lipinski definition) is 6. The lowest BCUT2D eigenvalue weighted by Gasteiger charge is -2.15. The molecule has 0 aliphatic rings. The summed E-state index contributed by atoms with van der Waals surface area (Å²) < 4.78 is 21.5. The summed E-state index contributed by atoms with van der Waals surface area (Å²) in [6.45, 7) is 3.93. The van der Waals surface area contributed by atoms with Gasteiger partial charge in [0.05, 0.1) is 63.7 Å². The molecule has 23 heavy (non-hydrogen) atoms. The Morgan fingerprint density at radius 1 is 0.870 bits per heavy atom. The second-order valence-corrected chi connectivity index (χ2v) is 5.30. The van der Waals surface area contributed by atoms with Crippen LogP contribution in [0.2, 0.25) is 0 Å². The minimum atomic E-state index is -0.871. The molecular formula is C14H26INO7. The molecule has 0 spiro atoms. The quantitative estimate of drug-likeness (QED) is 0.208. The first-order valence-corrected chi connectivity index (χ1v) is 8.93. The molecule has 0 aromatic heterocycles. The van der Waals surface area contributed by atoms with E-state index in [1.54, 1.807) is 11.9 Å². The van der Waals surface area contributed by atoms with E-state index in [0.717, 1.165) is 0 Å². The fourth-order valence-corrected chi connectivity index (χ4v) is 1.93. The summed E-state index contributed by atoms with van der Waals surface area (Å²) in [5.74, 6) is -0.778. The highest BCUT2D eigenvalue weighted by Crippen LogP contribution is 1.91. The highest BCUT2D eigenvalue weighted by molar-refractivity contribution is 14.1. The lowest BCUT2D eigenvalue weighted by molar-refractivity contribution is -0.138. The first-order valence-electron chi connectivity index (χ1n) is 7.40. The monoisotopic (exact) mass is 447 g/mol. The number of rotatable bonds is 16. The van der Waals surface area contributed by atoms with Crippen LogP contribution in [0.1, 0.15) is 6.42 Å². The third-order valence-electron chi connectivity index (χ3n) is 2.69. The van der Waals surface area contributed by atoms with Crippen molar-refractivity contribution >= 4 is 34.5 Å². The molecule has 0 saturated heterocycles. The van der Waals surface area contributed by atoms with Crippen LogP contribution in [0.4, 0.5) is 0 Å². The van der Waals surface area contributed by atoms with E-state index >= 15 is 0 Å². The molecule has 0 rings (SSSR count). The van der Waals surface area contributed by atoms with Crippen molar-refractivity contribution in [3.63, 3.8) is 0 Å². The summed E-state index contributed by atoms with van der Waals surface area (Å²) in [5, 5.41) is 8.40. The Kier molecular flexibility index (Phi) is 16.0. The van der Waals surface area contributed by atoms with Crippen LogP contribution < -0.4 is 0 Å². The zero-order valence-corrected chi connectivity index (χ0v) is 15.7. The van der Waals surface area contributed by atoms with Gasteiger partial charge in [0.1, 0.15) is 0 Å². The topological polar surface area (TPSA) is 94.5 Å². The molecule has 136 valence electrons. The molecule has 9 heteroatoms. The van der Waals surface area contributed by atoms with Crippen LogP contribution in [0.25, 0.3) is 0 Å². The summed E-state index contributed by atoms with van der Waals surface area (Å²) in [7, 11) is 1.75. The van der Waals surface area contributed by atoms with E-state index < -0.39 is 5.97 Å². The number of halogens is 1. The summed E-state index contributed by atoms with van der Waals surface area (Å²) in [6, 6.07) is 0. The SMILES string of the molecule is CN(CCOCCOCCOCCOCCC(=O)O)C(=O)CI. The number of carbonyl (C=O) groups is 2. The Labute approximate surface area is 150 Å². The molecule has 0 fully saturated rings. The second kappa shape index (κ2) is 16.4. The number of nitrogens with zero attached hydrogens (tertiary/aromatic N) is 1. The Morgan fingerprint density at radius 2 is 1.30 bits per heavy atom. The van der Waals surface area contributed by atoms with E-state index in [0.29, 0.717) is 57.2 Å². The standard InChI is InChI=1S/C14H26INO7/c1-16(13(17)12-15)3-5-21-7-9-23-11-10-22-8-6-20-4-2-14(18)19/h2-12H2,1H3,(H,18,19). The van der Waals surface area contributed by atoms with E-state index in [4.69, 9.17) is 24.1 Å². The zero-order chi connectivity index (χ0) is 17.3. The minimum Gasteiger partial charge on any atom is -0.481 e. The fraction of sp³-hybridized carbons (Fsp3) is 0.857. The van der Waals surface area contributed by atoms with Gasteiger partial charge in [0, 0.05) is 13.6 Å². The lowest BCUT2D eigenvalue weighted by Crippen LogP contribution is -2.31. The molecule has 0 atom stereocenters. The largest absolute Gasteiger partial charge is 0.481 e. The summed E-state index contributed by atoms with van der Waals surface area (Å²) in [4.78, 5) is 23.1.